The maximum atomic E-state index is 5.15. The number of hydrogen-bond donors (Lipinski definition) is 0. The first kappa shape index (κ1) is 28.3. The smallest absolute Gasteiger partial charge is 0.138 e. The summed E-state index contributed by atoms with van der Waals surface area (Å²) >= 11 is 0. The monoisotopic (exact) mass is 638 g/mol. The van der Waals surface area contributed by atoms with Crippen LogP contribution in [0.25, 0.3) is 88.9 Å². The number of rotatable bonds is 5. The Kier molecular flexibility index (Phi) is 6.46. The Hall–Kier alpha value is -6.78. The minimum atomic E-state index is 0.912. The van der Waals surface area contributed by atoms with Crippen LogP contribution in [0, 0.1) is 0 Å². The first-order valence-electron chi connectivity index (χ1n) is 16.9. The topological polar surface area (TPSA) is 35.6 Å². The van der Waals surface area contributed by atoms with Gasteiger partial charge in [0.1, 0.15) is 11.6 Å². The summed E-state index contributed by atoms with van der Waals surface area (Å²) in [6, 6.07) is 64.1. The molecule has 4 heteroatoms. The van der Waals surface area contributed by atoms with Crippen molar-refractivity contribution in [3.8, 4) is 45.3 Å². The van der Waals surface area contributed by atoms with Gasteiger partial charge in [0, 0.05) is 32.7 Å². The molecular formula is C46H30N4. The number of nitrogens with zero attached hydrogens (tertiary/aromatic N) is 4. The number of fused-ring (bicyclic) bond motifs is 6. The quantitative estimate of drug-likeness (QED) is 0.188. The molecule has 0 unspecified atom stereocenters. The van der Waals surface area contributed by atoms with Gasteiger partial charge in [0.25, 0.3) is 0 Å². The van der Waals surface area contributed by atoms with Crippen molar-refractivity contribution in [3.63, 3.8) is 0 Å². The predicted octanol–water partition coefficient (Wildman–Crippen LogP) is 11.7. The molecule has 0 amide bonds. The molecule has 6 aromatic carbocycles. The Morgan fingerprint density at radius 3 is 0.900 bits per heavy atom. The summed E-state index contributed by atoms with van der Waals surface area (Å²) in [5.74, 6) is 1.82. The summed E-state index contributed by atoms with van der Waals surface area (Å²) in [7, 11) is 0. The molecule has 0 aliphatic carbocycles. The second-order valence-corrected chi connectivity index (χ2v) is 12.7. The van der Waals surface area contributed by atoms with Crippen LogP contribution >= 0.6 is 0 Å². The van der Waals surface area contributed by atoms with Gasteiger partial charge < -0.3 is 0 Å². The molecule has 0 spiro atoms. The second kappa shape index (κ2) is 11.4. The molecule has 0 aliphatic rings. The molecule has 0 N–H and O–H groups in total. The van der Waals surface area contributed by atoms with E-state index in [1.807, 2.05) is 0 Å². The summed E-state index contributed by atoms with van der Waals surface area (Å²) in [5, 5.41) is 4.93. The third-order valence-corrected chi connectivity index (χ3v) is 9.78. The molecule has 10 aromatic rings. The first-order chi connectivity index (χ1) is 24.8. The maximum absolute atomic E-state index is 5.15. The number of pyridine rings is 2. The Labute approximate surface area is 289 Å². The number of hydrogen-bond acceptors (Lipinski definition) is 2. The first-order valence-corrected chi connectivity index (χ1v) is 16.9. The number of benzene rings is 6. The molecule has 0 saturated heterocycles. The van der Waals surface area contributed by atoms with Gasteiger partial charge in [-0.15, -0.1) is 0 Å². The lowest BCUT2D eigenvalue weighted by atomic mass is 10.0. The summed E-state index contributed by atoms with van der Waals surface area (Å²) in [4.78, 5) is 10.3. The lowest BCUT2D eigenvalue weighted by molar-refractivity contribution is 1.08. The van der Waals surface area contributed by atoms with E-state index < -0.39 is 0 Å². The average molecular weight is 639 g/mol. The van der Waals surface area contributed by atoms with Crippen molar-refractivity contribution >= 4 is 43.6 Å². The molecule has 4 nitrogen and oxygen atoms in total. The molecule has 0 saturated carbocycles. The largest absolute Gasteiger partial charge is 0.294 e. The third kappa shape index (κ3) is 4.54. The zero-order valence-corrected chi connectivity index (χ0v) is 27.1. The van der Waals surface area contributed by atoms with E-state index in [0.717, 1.165) is 67.3 Å². The molecule has 0 atom stereocenters. The third-order valence-electron chi connectivity index (χ3n) is 9.78. The maximum Gasteiger partial charge on any atom is 0.138 e. The Morgan fingerprint density at radius 1 is 0.260 bits per heavy atom. The van der Waals surface area contributed by atoms with Crippen LogP contribution in [-0.2, 0) is 0 Å². The van der Waals surface area contributed by atoms with Crippen LogP contribution in [0.5, 0.6) is 0 Å². The Morgan fingerprint density at radius 2 is 0.560 bits per heavy atom. The minimum Gasteiger partial charge on any atom is -0.294 e. The van der Waals surface area contributed by atoms with Gasteiger partial charge in [-0.1, -0.05) is 133 Å². The lowest BCUT2D eigenvalue weighted by Gasteiger charge is -2.10. The molecule has 50 heavy (non-hydrogen) atoms. The number of aromatic nitrogens is 4. The van der Waals surface area contributed by atoms with E-state index in [2.05, 4.69) is 191 Å². The highest BCUT2D eigenvalue weighted by atomic mass is 15.1. The van der Waals surface area contributed by atoms with Gasteiger partial charge in [-0.05, 0) is 59.7 Å². The Bertz CT molecular complexity index is 2550. The van der Waals surface area contributed by atoms with Crippen molar-refractivity contribution in [3.05, 3.63) is 182 Å². The van der Waals surface area contributed by atoms with Crippen molar-refractivity contribution in [2.45, 2.75) is 0 Å². The SMILES string of the molecule is c1cc(-c2ccc(-c3ccc(-c4cccc(-n5c6ccccc6c6ccccc65)n4)cc3)cc2)nc(-n2c3ccccc3c3ccccc32)c1. The molecule has 0 bridgehead atoms. The van der Waals surface area contributed by atoms with Crippen molar-refractivity contribution in [2.75, 3.05) is 0 Å². The normalized spacial score (nSPS) is 11.6. The van der Waals surface area contributed by atoms with Crippen molar-refractivity contribution in [2.24, 2.45) is 0 Å². The summed E-state index contributed by atoms with van der Waals surface area (Å²) in [6.45, 7) is 0. The van der Waals surface area contributed by atoms with Gasteiger partial charge in [0.15, 0.2) is 0 Å². The molecule has 0 aliphatic heterocycles. The lowest BCUT2D eigenvalue weighted by Crippen LogP contribution is -1.98. The van der Waals surface area contributed by atoms with Crippen LogP contribution in [0.3, 0.4) is 0 Å². The van der Waals surface area contributed by atoms with Gasteiger partial charge in [-0.2, -0.15) is 0 Å². The van der Waals surface area contributed by atoms with Gasteiger partial charge in [-0.3, -0.25) is 9.13 Å². The molecule has 10 rings (SSSR count). The zero-order valence-electron chi connectivity index (χ0n) is 27.1. The van der Waals surface area contributed by atoms with Crippen LogP contribution in [0.4, 0.5) is 0 Å². The van der Waals surface area contributed by atoms with Crippen molar-refractivity contribution in [1.82, 2.24) is 19.1 Å². The van der Waals surface area contributed by atoms with E-state index >= 15 is 0 Å². The Balaban J connectivity index is 0.949. The highest BCUT2D eigenvalue weighted by Gasteiger charge is 2.15. The van der Waals surface area contributed by atoms with E-state index in [-0.39, 0.29) is 0 Å². The summed E-state index contributed by atoms with van der Waals surface area (Å²) in [6.07, 6.45) is 0. The van der Waals surface area contributed by atoms with Gasteiger partial charge in [0.2, 0.25) is 0 Å². The fourth-order valence-electron chi connectivity index (χ4n) is 7.42. The molecule has 234 valence electrons. The molecular weight excluding hydrogens is 609 g/mol. The summed E-state index contributed by atoms with van der Waals surface area (Å²) < 4.78 is 4.52. The highest BCUT2D eigenvalue weighted by Crippen LogP contribution is 2.34. The van der Waals surface area contributed by atoms with Crippen molar-refractivity contribution < 1.29 is 0 Å². The fourth-order valence-corrected chi connectivity index (χ4v) is 7.42. The standard InChI is InChI=1S/C46H30N4/c1-5-17-41-35(11-1)36-12-2-6-18-42(36)49(41)45-21-9-15-39(47-45)33-27-23-31(24-28-33)32-25-29-34(30-26-32)40-16-10-22-46(48-40)50-43-19-7-3-13-37(43)38-14-4-8-20-44(38)50/h1-30H. The van der Waals surface area contributed by atoms with Crippen molar-refractivity contribution in [1.29, 1.82) is 0 Å². The predicted molar refractivity (Wildman–Crippen MR) is 207 cm³/mol. The van der Waals surface area contributed by atoms with E-state index in [9.17, 15) is 0 Å². The van der Waals surface area contributed by atoms with Crippen LogP contribution in [0.15, 0.2) is 182 Å². The molecule has 0 radical (unpaired) electrons. The molecule has 0 fully saturated rings. The van der Waals surface area contributed by atoms with Gasteiger partial charge in [-0.25, -0.2) is 9.97 Å². The average Bonchev–Trinajstić information content (AvgIpc) is 3.71. The van der Waals surface area contributed by atoms with E-state index in [4.69, 9.17) is 9.97 Å². The van der Waals surface area contributed by atoms with E-state index in [1.54, 1.807) is 0 Å². The van der Waals surface area contributed by atoms with Crippen LogP contribution in [-0.4, -0.2) is 19.1 Å². The minimum absolute atomic E-state index is 0.912. The molecule has 4 heterocycles. The zero-order chi connectivity index (χ0) is 33.0. The highest BCUT2D eigenvalue weighted by molar-refractivity contribution is 6.10. The van der Waals surface area contributed by atoms with E-state index in [0.29, 0.717) is 0 Å². The van der Waals surface area contributed by atoms with Crippen LogP contribution in [0.1, 0.15) is 0 Å². The van der Waals surface area contributed by atoms with Gasteiger partial charge in [0.05, 0.1) is 33.5 Å². The van der Waals surface area contributed by atoms with Crippen LogP contribution in [0.2, 0.25) is 0 Å². The number of para-hydroxylation sites is 4. The van der Waals surface area contributed by atoms with Gasteiger partial charge >= 0.3 is 0 Å². The van der Waals surface area contributed by atoms with E-state index in [1.165, 1.54) is 21.5 Å². The summed E-state index contributed by atoms with van der Waals surface area (Å²) in [5.41, 5.74) is 11.0. The molecule has 4 aromatic heterocycles. The fraction of sp³-hybridized carbons (Fsp3) is 0. The van der Waals surface area contributed by atoms with Crippen LogP contribution < -0.4 is 0 Å². The second-order valence-electron chi connectivity index (χ2n) is 12.7.